The first-order chi connectivity index (χ1) is 32.2. The van der Waals surface area contributed by atoms with Crippen LogP contribution in [0.1, 0.15) is 83.8 Å². The molecule has 2 aliphatic carbocycles. The van der Waals surface area contributed by atoms with Gasteiger partial charge in [0.25, 0.3) is 11.8 Å². The smallest absolute Gasteiger partial charge is 0.407 e. The minimum absolute atomic E-state index is 0.0841. The summed E-state index contributed by atoms with van der Waals surface area (Å²) >= 11 is 0. The minimum atomic E-state index is -0.898. The Morgan fingerprint density at radius 3 is 1.45 bits per heavy atom. The SMILES string of the molecule is COC(=O)N[C@@H](C(=O)N1[C@@H]2C[C@@H]2C[C@H]1c1ncc(-c2cc3c4c(c2)OCc2cc(-c5cnc([C@@H]6C[C@H]7C[C@H]7N6C(=O)[C@H](NC(=O)OC)c6ccccc6)[nH]5)cc(c2-4)OC3)[nH]1)c1ccccc1. The van der Waals surface area contributed by atoms with Gasteiger partial charge in [-0.15, -0.1) is 0 Å². The van der Waals surface area contributed by atoms with Crippen LogP contribution in [0.15, 0.2) is 97.3 Å². The summed E-state index contributed by atoms with van der Waals surface area (Å²) in [6, 6.07) is 24.6. The highest BCUT2D eigenvalue weighted by molar-refractivity contribution is 5.90. The zero-order valence-electron chi connectivity index (χ0n) is 36.2. The molecule has 4 N–H and O–H groups in total. The second-order valence-corrected chi connectivity index (χ2v) is 18.0. The lowest BCUT2D eigenvalue weighted by molar-refractivity contribution is -0.136. The van der Waals surface area contributed by atoms with Crippen molar-refractivity contribution in [2.75, 3.05) is 14.2 Å². The molecule has 8 atom stereocenters. The molecule has 6 aliphatic rings. The number of aromatic amines is 2. The van der Waals surface area contributed by atoms with E-state index in [0.29, 0.717) is 47.8 Å². The summed E-state index contributed by atoms with van der Waals surface area (Å²) in [5.41, 5.74) is 8.72. The maximum Gasteiger partial charge on any atom is 0.407 e. The zero-order valence-corrected chi connectivity index (χ0v) is 36.2. The number of piperidine rings is 2. The number of nitrogens with zero attached hydrogens (tertiary/aromatic N) is 4. The predicted octanol–water partition coefficient (Wildman–Crippen LogP) is 7.44. The number of aromatic nitrogens is 4. The third kappa shape index (κ3) is 6.72. The van der Waals surface area contributed by atoms with Gasteiger partial charge in [-0.05, 0) is 72.9 Å². The molecule has 0 bridgehead atoms. The van der Waals surface area contributed by atoms with Gasteiger partial charge in [0.2, 0.25) is 0 Å². The maximum atomic E-state index is 14.3. The van der Waals surface area contributed by atoms with Crippen molar-refractivity contribution in [2.24, 2.45) is 11.8 Å². The van der Waals surface area contributed by atoms with E-state index in [2.05, 4.69) is 32.7 Å². The van der Waals surface area contributed by atoms with Crippen LogP contribution in [-0.4, -0.2) is 80.0 Å². The summed E-state index contributed by atoms with van der Waals surface area (Å²) in [7, 11) is 2.58. The molecule has 4 aromatic carbocycles. The summed E-state index contributed by atoms with van der Waals surface area (Å²) < 4.78 is 22.8. The van der Waals surface area contributed by atoms with Crippen LogP contribution in [0.5, 0.6) is 11.5 Å². The van der Waals surface area contributed by atoms with E-state index in [4.69, 9.17) is 28.9 Å². The Morgan fingerprint density at radius 1 is 0.621 bits per heavy atom. The molecule has 0 radical (unpaired) electrons. The van der Waals surface area contributed by atoms with Crippen LogP contribution in [0.2, 0.25) is 0 Å². The number of alkyl carbamates (subject to hydrolysis) is 2. The molecule has 2 saturated heterocycles. The van der Waals surface area contributed by atoms with Crippen molar-refractivity contribution < 1.29 is 38.1 Å². The summed E-state index contributed by atoms with van der Waals surface area (Å²) in [5.74, 6) is 3.26. The number of fused-ring (bicyclic) bond motifs is 2. The summed E-state index contributed by atoms with van der Waals surface area (Å²) in [5, 5.41) is 5.52. The molecule has 6 heterocycles. The van der Waals surface area contributed by atoms with E-state index in [1.165, 1.54) is 14.2 Å². The number of rotatable bonds is 10. The van der Waals surface area contributed by atoms with Crippen LogP contribution in [0.4, 0.5) is 9.59 Å². The second-order valence-electron chi connectivity index (χ2n) is 18.0. The molecule has 12 rings (SSSR count). The lowest BCUT2D eigenvalue weighted by atomic mass is 9.87. The average Bonchev–Trinajstić information content (AvgIpc) is 3.93. The average molecular weight is 887 g/mol. The Balaban J connectivity index is 0.793. The number of imidazole rings is 2. The van der Waals surface area contributed by atoms with Crippen molar-refractivity contribution >= 4 is 24.0 Å². The monoisotopic (exact) mass is 886 g/mol. The number of benzene rings is 4. The third-order valence-electron chi connectivity index (χ3n) is 14.2. The van der Waals surface area contributed by atoms with E-state index in [1.807, 2.05) is 82.6 Å². The number of carbonyl (C=O) groups excluding carboxylic acids is 4. The molecule has 334 valence electrons. The fourth-order valence-electron chi connectivity index (χ4n) is 10.8. The molecule has 4 amide bonds. The Kier molecular flexibility index (Phi) is 9.39. The van der Waals surface area contributed by atoms with Gasteiger partial charge < -0.3 is 49.3 Å². The Bertz CT molecular complexity index is 2690. The van der Waals surface area contributed by atoms with Crippen molar-refractivity contribution in [1.29, 1.82) is 0 Å². The first-order valence-corrected chi connectivity index (χ1v) is 22.4. The lowest BCUT2D eigenvalue weighted by Gasteiger charge is -2.31. The number of likely N-dealkylation sites (tertiary alicyclic amines) is 2. The van der Waals surface area contributed by atoms with Crippen molar-refractivity contribution in [3.05, 3.63) is 131 Å². The van der Waals surface area contributed by atoms with E-state index < -0.39 is 24.3 Å². The first-order valence-electron chi connectivity index (χ1n) is 22.4. The number of hydrogen-bond donors (Lipinski definition) is 4. The number of carbonyl (C=O) groups is 4. The largest absolute Gasteiger partial charge is 0.488 e. The quantitative estimate of drug-likeness (QED) is 0.108. The topological polar surface area (TPSA) is 193 Å². The van der Waals surface area contributed by atoms with Crippen molar-refractivity contribution in [3.8, 4) is 45.1 Å². The third-order valence-corrected chi connectivity index (χ3v) is 14.2. The fourth-order valence-corrected chi connectivity index (χ4v) is 10.8. The predicted molar refractivity (Wildman–Crippen MR) is 237 cm³/mol. The molecule has 0 spiro atoms. The zero-order chi connectivity index (χ0) is 44.8. The molecular weight excluding hydrogens is 841 g/mol. The molecule has 6 aromatic rings. The van der Waals surface area contributed by atoms with Crippen LogP contribution in [0.3, 0.4) is 0 Å². The molecule has 4 fully saturated rings. The van der Waals surface area contributed by atoms with Crippen LogP contribution in [-0.2, 0) is 32.3 Å². The van der Waals surface area contributed by atoms with E-state index in [-0.39, 0.29) is 36.0 Å². The van der Waals surface area contributed by atoms with Crippen molar-refractivity contribution in [1.82, 2.24) is 40.4 Å². The van der Waals surface area contributed by atoms with E-state index in [0.717, 1.165) is 82.0 Å². The number of hydrogen-bond acceptors (Lipinski definition) is 10. The molecule has 66 heavy (non-hydrogen) atoms. The summed E-state index contributed by atoms with van der Waals surface area (Å²) in [6.07, 6.45) is 5.67. The number of nitrogens with one attached hydrogen (secondary N) is 4. The molecule has 16 nitrogen and oxygen atoms in total. The maximum absolute atomic E-state index is 14.3. The van der Waals surface area contributed by atoms with Crippen LogP contribution in [0.25, 0.3) is 33.6 Å². The highest BCUT2D eigenvalue weighted by Gasteiger charge is 2.57. The number of methoxy groups -OCH3 is 2. The molecule has 2 saturated carbocycles. The summed E-state index contributed by atoms with van der Waals surface area (Å²) in [4.78, 5) is 73.9. The molecule has 16 heteroatoms. The Hall–Kier alpha value is -7.62. The number of H-pyrrole nitrogens is 2. The standard InChI is InChI=1S/C50H46N8O8/c1-63-49(61)55-43(25-9-5-3-6-10-25)47(59)57-35-15-29(35)17-37(57)45-51-21-33(53-45)27-13-31-23-66-40-20-28(14-32-24-65-39(19-27)41(31)42(32)40)34-22-52-46(54-34)38-18-30-16-36(30)58(38)48(60)44(56-50(62)64-2)26-11-7-4-8-12-26/h3-14,19-22,29-30,35-38,43-44H,15-18,23-24H2,1-2H3,(H,51,53)(H,52,54)(H,55,61)(H,56,62)/t29-,30-,35-,36-,37+,38+,43-,44-/m1/s1. The van der Waals surface area contributed by atoms with Crippen molar-refractivity contribution in [2.45, 2.75) is 75.1 Å². The van der Waals surface area contributed by atoms with Gasteiger partial charge >= 0.3 is 12.2 Å². The number of amides is 4. The van der Waals surface area contributed by atoms with Gasteiger partial charge in [-0.2, -0.15) is 0 Å². The number of ether oxygens (including phenoxy) is 4. The lowest BCUT2D eigenvalue weighted by Crippen LogP contribution is -2.44. The van der Waals surface area contributed by atoms with Gasteiger partial charge in [0.15, 0.2) is 0 Å². The molecule has 4 aliphatic heterocycles. The van der Waals surface area contributed by atoms with Crippen LogP contribution in [0, 0.1) is 11.8 Å². The van der Waals surface area contributed by atoms with Gasteiger partial charge in [-0.3, -0.25) is 9.59 Å². The normalized spacial score (nSPS) is 23.2. The van der Waals surface area contributed by atoms with Gasteiger partial charge in [-0.1, -0.05) is 60.7 Å². The minimum Gasteiger partial charge on any atom is -0.488 e. The van der Waals surface area contributed by atoms with Gasteiger partial charge in [-0.25, -0.2) is 19.6 Å². The van der Waals surface area contributed by atoms with E-state index in [9.17, 15) is 19.2 Å². The molecular formula is C50H46N8O8. The van der Waals surface area contributed by atoms with Gasteiger partial charge in [0.05, 0.1) is 50.1 Å². The molecule has 0 unspecified atom stereocenters. The Morgan fingerprint density at radius 2 is 1.05 bits per heavy atom. The van der Waals surface area contributed by atoms with Crippen LogP contribution < -0.4 is 20.1 Å². The van der Waals surface area contributed by atoms with Gasteiger partial charge in [0.1, 0.15) is 48.4 Å². The summed E-state index contributed by atoms with van der Waals surface area (Å²) in [6.45, 7) is 0.661. The van der Waals surface area contributed by atoms with E-state index in [1.54, 1.807) is 12.4 Å². The highest BCUT2D eigenvalue weighted by Crippen LogP contribution is 2.56. The molecule has 2 aromatic heterocycles. The first kappa shape index (κ1) is 39.9. The van der Waals surface area contributed by atoms with Crippen LogP contribution >= 0.6 is 0 Å². The van der Waals surface area contributed by atoms with E-state index >= 15 is 0 Å². The highest BCUT2D eigenvalue weighted by atomic mass is 16.5. The van der Waals surface area contributed by atoms with Gasteiger partial charge in [0, 0.05) is 45.5 Å². The fraction of sp³-hybridized carbons (Fsp3) is 0.320. The second kappa shape index (κ2) is 15.5. The Labute approximate surface area is 379 Å². The van der Waals surface area contributed by atoms with Crippen molar-refractivity contribution in [3.63, 3.8) is 0 Å².